The first-order valence-corrected chi connectivity index (χ1v) is 10.4. The third kappa shape index (κ3) is 4.20. The van der Waals surface area contributed by atoms with Crippen molar-refractivity contribution in [3.8, 4) is 5.75 Å². The number of carbonyl (C=O) groups is 1. The van der Waals surface area contributed by atoms with Crippen molar-refractivity contribution in [2.24, 2.45) is 0 Å². The number of hydrogen-bond acceptors (Lipinski definition) is 5. The van der Waals surface area contributed by atoms with Gasteiger partial charge in [-0.05, 0) is 62.0 Å². The quantitative estimate of drug-likeness (QED) is 0.776. The molecule has 152 valence electrons. The van der Waals surface area contributed by atoms with Crippen molar-refractivity contribution in [2.75, 3.05) is 33.4 Å². The van der Waals surface area contributed by atoms with E-state index in [1.165, 1.54) is 10.4 Å². The van der Waals surface area contributed by atoms with Crippen molar-refractivity contribution in [3.63, 3.8) is 0 Å². The highest BCUT2D eigenvalue weighted by molar-refractivity contribution is 7.14. The molecule has 2 N–H and O–H groups in total. The van der Waals surface area contributed by atoms with Crippen LogP contribution in [0.3, 0.4) is 0 Å². The van der Waals surface area contributed by atoms with E-state index in [4.69, 9.17) is 9.47 Å². The fourth-order valence-electron chi connectivity index (χ4n) is 4.04. The summed E-state index contributed by atoms with van der Waals surface area (Å²) >= 11 is 1.61. The minimum absolute atomic E-state index is 0. The highest BCUT2D eigenvalue weighted by Crippen LogP contribution is 2.44. The summed E-state index contributed by atoms with van der Waals surface area (Å²) in [6.45, 7) is 3.28. The number of methoxy groups -OCH3 is 1. The number of piperidine rings is 1. The molecule has 2 aromatic rings. The van der Waals surface area contributed by atoms with E-state index in [0.29, 0.717) is 6.54 Å². The number of halogens is 1. The second-order valence-electron chi connectivity index (χ2n) is 7.13. The van der Waals surface area contributed by atoms with E-state index >= 15 is 0 Å². The first-order valence-electron chi connectivity index (χ1n) is 9.60. The first kappa shape index (κ1) is 21.1. The Labute approximate surface area is 176 Å². The zero-order valence-electron chi connectivity index (χ0n) is 16.1. The van der Waals surface area contributed by atoms with Crippen LogP contribution in [0, 0.1) is 0 Å². The third-order valence-electron chi connectivity index (χ3n) is 5.48. The standard InChI is InChI=1S/C21H26N2O3S.ClH/c1-25-17-5-3-2-4-15(17)6-10-23-20(24)18-14-16-7-13-26-21(19(16)27-18)8-11-22-12-9-21;/h2-5,14,22H,6-13H2,1H3,(H,23,24);1H. The summed E-state index contributed by atoms with van der Waals surface area (Å²) in [5.41, 5.74) is 2.22. The molecule has 2 aliphatic rings. The van der Waals surface area contributed by atoms with Gasteiger partial charge in [-0.15, -0.1) is 23.7 Å². The van der Waals surface area contributed by atoms with E-state index in [1.807, 2.05) is 24.3 Å². The normalized spacial score (nSPS) is 17.5. The first-order chi connectivity index (χ1) is 13.2. The highest BCUT2D eigenvalue weighted by Gasteiger charge is 2.41. The summed E-state index contributed by atoms with van der Waals surface area (Å²) < 4.78 is 11.6. The van der Waals surface area contributed by atoms with Gasteiger partial charge in [0.15, 0.2) is 0 Å². The molecule has 0 unspecified atom stereocenters. The van der Waals surface area contributed by atoms with Crippen LogP contribution in [0.25, 0.3) is 0 Å². The minimum Gasteiger partial charge on any atom is -0.496 e. The van der Waals surface area contributed by atoms with E-state index in [-0.39, 0.29) is 23.9 Å². The van der Waals surface area contributed by atoms with E-state index in [1.54, 1.807) is 18.4 Å². The summed E-state index contributed by atoms with van der Waals surface area (Å²) in [7, 11) is 1.67. The maximum absolute atomic E-state index is 12.7. The molecule has 1 fully saturated rings. The molecule has 1 spiro atoms. The molecule has 1 amide bonds. The molecule has 1 saturated heterocycles. The van der Waals surface area contributed by atoms with Crippen LogP contribution in [0.15, 0.2) is 30.3 Å². The molecule has 0 saturated carbocycles. The van der Waals surface area contributed by atoms with Gasteiger partial charge in [0.1, 0.15) is 11.4 Å². The van der Waals surface area contributed by atoms with Gasteiger partial charge in [0, 0.05) is 11.4 Å². The van der Waals surface area contributed by atoms with Crippen molar-refractivity contribution in [3.05, 3.63) is 51.2 Å². The Hall–Kier alpha value is -1.60. The lowest BCUT2D eigenvalue weighted by molar-refractivity contribution is -0.0771. The van der Waals surface area contributed by atoms with Crippen LogP contribution in [0.2, 0.25) is 0 Å². The number of amides is 1. The average molecular weight is 423 g/mol. The Balaban J connectivity index is 0.00000225. The maximum Gasteiger partial charge on any atom is 0.261 e. The summed E-state index contributed by atoms with van der Waals surface area (Å²) in [5.74, 6) is 0.872. The van der Waals surface area contributed by atoms with Crippen LogP contribution in [-0.2, 0) is 23.2 Å². The van der Waals surface area contributed by atoms with Gasteiger partial charge in [0.2, 0.25) is 0 Å². The fraction of sp³-hybridized carbons (Fsp3) is 0.476. The van der Waals surface area contributed by atoms with E-state index in [0.717, 1.165) is 61.6 Å². The van der Waals surface area contributed by atoms with Gasteiger partial charge < -0.3 is 20.1 Å². The minimum atomic E-state index is -0.181. The number of fused-ring (bicyclic) bond motifs is 2. The van der Waals surface area contributed by atoms with Crippen LogP contribution >= 0.6 is 23.7 Å². The molecule has 0 radical (unpaired) electrons. The number of ether oxygens (including phenoxy) is 2. The number of hydrogen-bond donors (Lipinski definition) is 2. The summed E-state index contributed by atoms with van der Waals surface area (Å²) in [6.07, 6.45) is 3.61. The lowest BCUT2D eigenvalue weighted by Gasteiger charge is -2.40. The Morgan fingerprint density at radius 3 is 2.89 bits per heavy atom. The number of nitrogens with one attached hydrogen (secondary N) is 2. The number of para-hydroxylation sites is 1. The maximum atomic E-state index is 12.7. The topological polar surface area (TPSA) is 59.6 Å². The molecule has 2 aliphatic heterocycles. The smallest absolute Gasteiger partial charge is 0.261 e. The Bertz CT molecular complexity index is 818. The van der Waals surface area contributed by atoms with Gasteiger partial charge in [0.25, 0.3) is 5.91 Å². The van der Waals surface area contributed by atoms with Gasteiger partial charge in [-0.3, -0.25) is 4.79 Å². The summed E-state index contributed by atoms with van der Waals surface area (Å²) in [5, 5.41) is 6.47. The SMILES string of the molecule is COc1ccccc1CCNC(=O)c1cc2c(s1)C1(CCNCC1)OCC2.Cl. The molecule has 4 rings (SSSR count). The zero-order valence-corrected chi connectivity index (χ0v) is 17.7. The number of thiophene rings is 1. The zero-order chi connectivity index (χ0) is 18.7. The monoisotopic (exact) mass is 422 g/mol. The van der Waals surface area contributed by atoms with Crippen LogP contribution < -0.4 is 15.4 Å². The lowest BCUT2D eigenvalue weighted by Crippen LogP contribution is -2.43. The van der Waals surface area contributed by atoms with Crippen molar-refractivity contribution < 1.29 is 14.3 Å². The predicted octanol–water partition coefficient (Wildman–Crippen LogP) is 3.30. The summed E-state index contributed by atoms with van der Waals surface area (Å²) in [4.78, 5) is 14.8. The van der Waals surface area contributed by atoms with Crippen LogP contribution in [0.5, 0.6) is 5.75 Å². The lowest BCUT2D eigenvalue weighted by atomic mass is 9.86. The second-order valence-corrected chi connectivity index (χ2v) is 8.18. The highest BCUT2D eigenvalue weighted by atomic mass is 35.5. The second kappa shape index (κ2) is 9.27. The Kier molecular flexibility index (Phi) is 6.99. The van der Waals surface area contributed by atoms with Gasteiger partial charge >= 0.3 is 0 Å². The van der Waals surface area contributed by atoms with Gasteiger partial charge in [0.05, 0.1) is 18.6 Å². The average Bonchev–Trinajstić information content (AvgIpc) is 3.15. The molecule has 1 aromatic carbocycles. The molecular weight excluding hydrogens is 396 g/mol. The van der Waals surface area contributed by atoms with Crippen molar-refractivity contribution in [2.45, 2.75) is 31.3 Å². The third-order valence-corrected chi connectivity index (χ3v) is 6.84. The number of benzene rings is 1. The molecule has 0 atom stereocenters. The molecule has 7 heteroatoms. The van der Waals surface area contributed by atoms with E-state index < -0.39 is 0 Å². The Morgan fingerprint density at radius 2 is 2.11 bits per heavy atom. The van der Waals surface area contributed by atoms with Crippen molar-refractivity contribution >= 4 is 29.7 Å². The van der Waals surface area contributed by atoms with Crippen molar-refractivity contribution in [1.29, 1.82) is 0 Å². The van der Waals surface area contributed by atoms with Gasteiger partial charge in [-0.25, -0.2) is 0 Å². The van der Waals surface area contributed by atoms with Crippen LogP contribution in [0.1, 0.15) is 38.5 Å². The van der Waals surface area contributed by atoms with Gasteiger partial charge in [-0.1, -0.05) is 18.2 Å². The molecule has 5 nitrogen and oxygen atoms in total. The van der Waals surface area contributed by atoms with Crippen LogP contribution in [-0.4, -0.2) is 39.3 Å². The van der Waals surface area contributed by atoms with E-state index in [9.17, 15) is 4.79 Å². The predicted molar refractivity (Wildman–Crippen MR) is 114 cm³/mol. The molecule has 0 aliphatic carbocycles. The van der Waals surface area contributed by atoms with Crippen molar-refractivity contribution in [1.82, 2.24) is 10.6 Å². The largest absolute Gasteiger partial charge is 0.496 e. The fourth-order valence-corrected chi connectivity index (χ4v) is 5.37. The molecule has 0 bridgehead atoms. The Morgan fingerprint density at radius 1 is 1.32 bits per heavy atom. The van der Waals surface area contributed by atoms with Crippen LogP contribution in [0.4, 0.5) is 0 Å². The molecular formula is C21H27ClN2O3S. The molecule has 28 heavy (non-hydrogen) atoms. The van der Waals surface area contributed by atoms with Gasteiger partial charge in [-0.2, -0.15) is 0 Å². The van der Waals surface area contributed by atoms with E-state index in [2.05, 4.69) is 16.7 Å². The number of carbonyl (C=O) groups excluding carboxylic acids is 1. The summed E-state index contributed by atoms with van der Waals surface area (Å²) in [6, 6.07) is 10.0. The number of rotatable bonds is 5. The molecule has 3 heterocycles. The molecule has 1 aromatic heterocycles.